The highest BCUT2D eigenvalue weighted by Gasteiger charge is 2.23. The summed E-state index contributed by atoms with van der Waals surface area (Å²) in [6.45, 7) is 10.0. The van der Waals surface area contributed by atoms with E-state index in [9.17, 15) is 4.79 Å². The van der Waals surface area contributed by atoms with E-state index in [1.54, 1.807) is 25.0 Å². The predicted octanol–water partition coefficient (Wildman–Crippen LogP) is 2.11. The smallest absolute Gasteiger partial charge is 0.292 e. The molecule has 0 fully saturated rings. The van der Waals surface area contributed by atoms with E-state index in [0.717, 1.165) is 23.5 Å². The summed E-state index contributed by atoms with van der Waals surface area (Å²) in [6.07, 6.45) is 0. The Morgan fingerprint density at radius 2 is 2.13 bits per heavy atom. The van der Waals surface area contributed by atoms with Gasteiger partial charge in [-0.1, -0.05) is 5.16 Å². The van der Waals surface area contributed by atoms with E-state index >= 15 is 0 Å². The molecule has 0 aliphatic carbocycles. The van der Waals surface area contributed by atoms with Crippen molar-refractivity contribution in [2.45, 2.75) is 40.8 Å². The fourth-order valence-corrected chi connectivity index (χ4v) is 2.54. The Labute approximate surface area is 136 Å². The zero-order valence-corrected chi connectivity index (χ0v) is 14.4. The summed E-state index contributed by atoms with van der Waals surface area (Å²) in [5.74, 6) is 0.0579. The number of amides is 1. The minimum atomic E-state index is -0.189. The molecule has 2 aromatic heterocycles. The molecule has 7 nitrogen and oxygen atoms in total. The first-order valence-electron chi connectivity index (χ1n) is 7.72. The van der Waals surface area contributed by atoms with Crippen molar-refractivity contribution in [2.75, 3.05) is 20.3 Å². The summed E-state index contributed by atoms with van der Waals surface area (Å²) < 4.78 is 12.2. The number of rotatable bonds is 7. The Morgan fingerprint density at radius 1 is 1.39 bits per heavy atom. The topological polar surface area (TPSA) is 73.4 Å². The van der Waals surface area contributed by atoms with Gasteiger partial charge in [-0.2, -0.15) is 5.10 Å². The first-order chi connectivity index (χ1) is 11.0. The molecule has 2 rings (SSSR count). The van der Waals surface area contributed by atoms with E-state index in [1.165, 1.54) is 0 Å². The molecule has 0 saturated heterocycles. The maximum Gasteiger partial charge on any atom is 0.292 e. The second-order valence-corrected chi connectivity index (χ2v) is 5.52. The molecule has 2 aromatic rings. The summed E-state index contributed by atoms with van der Waals surface area (Å²) in [6, 6.07) is 1.65. The molecular weight excluding hydrogens is 296 g/mol. The summed E-state index contributed by atoms with van der Waals surface area (Å²) in [7, 11) is 1.62. The monoisotopic (exact) mass is 320 g/mol. The SMILES string of the molecule is CCn1nc(C)c(CN(CCOC)C(=O)c2cc(C)no2)c1C. The third-order valence-corrected chi connectivity index (χ3v) is 3.87. The number of hydrogen-bond acceptors (Lipinski definition) is 5. The third kappa shape index (κ3) is 3.79. The highest BCUT2D eigenvalue weighted by Crippen LogP contribution is 2.17. The number of methoxy groups -OCH3 is 1. The van der Waals surface area contributed by atoms with Crippen LogP contribution in [0.15, 0.2) is 10.6 Å². The van der Waals surface area contributed by atoms with Crippen molar-refractivity contribution in [1.29, 1.82) is 0 Å². The molecule has 0 bridgehead atoms. The minimum absolute atomic E-state index is 0.189. The average Bonchev–Trinajstić information content (AvgIpc) is 3.08. The molecule has 7 heteroatoms. The van der Waals surface area contributed by atoms with Crippen LogP contribution in [0.25, 0.3) is 0 Å². The molecule has 126 valence electrons. The number of aromatic nitrogens is 3. The van der Waals surface area contributed by atoms with Gasteiger partial charge in [0, 0.05) is 44.1 Å². The van der Waals surface area contributed by atoms with Crippen molar-refractivity contribution < 1.29 is 14.1 Å². The van der Waals surface area contributed by atoms with Gasteiger partial charge in [0.1, 0.15) is 0 Å². The van der Waals surface area contributed by atoms with Crippen LogP contribution in [0.3, 0.4) is 0 Å². The molecule has 23 heavy (non-hydrogen) atoms. The van der Waals surface area contributed by atoms with Gasteiger partial charge < -0.3 is 14.2 Å². The fourth-order valence-electron chi connectivity index (χ4n) is 2.54. The minimum Gasteiger partial charge on any atom is -0.383 e. The maximum absolute atomic E-state index is 12.7. The maximum atomic E-state index is 12.7. The fraction of sp³-hybridized carbons (Fsp3) is 0.562. The zero-order valence-electron chi connectivity index (χ0n) is 14.4. The standard InChI is InChI=1S/C16H24N4O3/c1-6-20-13(4)14(12(3)17-20)10-19(7-8-22-5)16(21)15-9-11(2)18-23-15/h9H,6-8,10H2,1-5H3. The molecule has 0 aliphatic rings. The van der Waals surface area contributed by atoms with Gasteiger partial charge in [-0.15, -0.1) is 0 Å². The van der Waals surface area contributed by atoms with Gasteiger partial charge in [0.15, 0.2) is 0 Å². The normalized spacial score (nSPS) is 11.0. The summed E-state index contributed by atoms with van der Waals surface area (Å²) in [4.78, 5) is 14.4. The van der Waals surface area contributed by atoms with Crippen LogP contribution in [-0.4, -0.2) is 46.0 Å². The van der Waals surface area contributed by atoms with Crippen LogP contribution in [0, 0.1) is 20.8 Å². The van der Waals surface area contributed by atoms with Crippen molar-refractivity contribution in [1.82, 2.24) is 19.8 Å². The van der Waals surface area contributed by atoms with Crippen LogP contribution < -0.4 is 0 Å². The number of carbonyl (C=O) groups excluding carboxylic acids is 1. The van der Waals surface area contributed by atoms with Crippen LogP contribution in [0.5, 0.6) is 0 Å². The molecule has 0 radical (unpaired) electrons. The number of ether oxygens (including phenoxy) is 1. The van der Waals surface area contributed by atoms with E-state index in [-0.39, 0.29) is 11.7 Å². The van der Waals surface area contributed by atoms with Gasteiger partial charge in [0.25, 0.3) is 5.91 Å². The largest absolute Gasteiger partial charge is 0.383 e. The lowest BCUT2D eigenvalue weighted by Crippen LogP contribution is -2.33. The molecule has 0 N–H and O–H groups in total. The van der Waals surface area contributed by atoms with E-state index in [4.69, 9.17) is 9.26 Å². The van der Waals surface area contributed by atoms with Crippen molar-refractivity contribution in [3.63, 3.8) is 0 Å². The van der Waals surface area contributed by atoms with E-state index in [0.29, 0.717) is 25.4 Å². The van der Waals surface area contributed by atoms with Crippen LogP contribution in [0.2, 0.25) is 0 Å². The van der Waals surface area contributed by atoms with Gasteiger partial charge in [0.05, 0.1) is 18.0 Å². The molecule has 0 saturated carbocycles. The molecule has 0 aromatic carbocycles. The van der Waals surface area contributed by atoms with E-state index in [2.05, 4.69) is 10.3 Å². The van der Waals surface area contributed by atoms with Gasteiger partial charge >= 0.3 is 0 Å². The average molecular weight is 320 g/mol. The Morgan fingerprint density at radius 3 is 2.65 bits per heavy atom. The van der Waals surface area contributed by atoms with Crippen molar-refractivity contribution in [3.05, 3.63) is 34.5 Å². The van der Waals surface area contributed by atoms with Crippen molar-refractivity contribution in [3.8, 4) is 0 Å². The zero-order chi connectivity index (χ0) is 17.0. The van der Waals surface area contributed by atoms with Crippen LogP contribution in [-0.2, 0) is 17.8 Å². The van der Waals surface area contributed by atoms with Crippen LogP contribution in [0.1, 0.15) is 40.1 Å². The van der Waals surface area contributed by atoms with Crippen molar-refractivity contribution in [2.24, 2.45) is 0 Å². The lowest BCUT2D eigenvalue weighted by molar-refractivity contribution is 0.0639. The third-order valence-electron chi connectivity index (χ3n) is 3.87. The summed E-state index contributed by atoms with van der Waals surface area (Å²) in [5, 5.41) is 8.30. The molecule has 0 atom stereocenters. The predicted molar refractivity (Wildman–Crippen MR) is 85.2 cm³/mol. The van der Waals surface area contributed by atoms with Crippen molar-refractivity contribution >= 4 is 5.91 Å². The molecule has 2 heterocycles. The Bertz CT molecular complexity index is 675. The number of carbonyl (C=O) groups is 1. The highest BCUT2D eigenvalue weighted by molar-refractivity contribution is 5.91. The van der Waals surface area contributed by atoms with Crippen LogP contribution >= 0.6 is 0 Å². The summed E-state index contributed by atoms with van der Waals surface area (Å²) >= 11 is 0. The van der Waals surface area contributed by atoms with E-state index in [1.807, 2.05) is 25.5 Å². The molecular formula is C16H24N4O3. The Hall–Kier alpha value is -2.15. The number of nitrogens with zero attached hydrogens (tertiary/aromatic N) is 4. The quantitative estimate of drug-likeness (QED) is 0.781. The first-order valence-corrected chi connectivity index (χ1v) is 7.72. The number of aryl methyl sites for hydroxylation is 3. The molecule has 0 spiro atoms. The highest BCUT2D eigenvalue weighted by atomic mass is 16.5. The first kappa shape index (κ1) is 17.2. The van der Waals surface area contributed by atoms with E-state index < -0.39 is 0 Å². The van der Waals surface area contributed by atoms with Gasteiger partial charge in [-0.3, -0.25) is 9.48 Å². The second-order valence-electron chi connectivity index (χ2n) is 5.52. The van der Waals surface area contributed by atoms with Crippen LogP contribution in [0.4, 0.5) is 0 Å². The van der Waals surface area contributed by atoms with Gasteiger partial charge in [-0.05, 0) is 27.7 Å². The number of hydrogen-bond donors (Lipinski definition) is 0. The van der Waals surface area contributed by atoms with Gasteiger partial charge in [-0.25, -0.2) is 0 Å². The Kier molecular flexibility index (Phi) is 5.54. The molecule has 0 unspecified atom stereocenters. The molecule has 0 aliphatic heterocycles. The molecule has 1 amide bonds. The lowest BCUT2D eigenvalue weighted by atomic mass is 10.1. The summed E-state index contributed by atoms with van der Waals surface area (Å²) in [5.41, 5.74) is 3.76. The Balaban J connectivity index is 2.25. The lowest BCUT2D eigenvalue weighted by Gasteiger charge is -2.21. The second kappa shape index (κ2) is 7.41. The van der Waals surface area contributed by atoms with Gasteiger partial charge in [0.2, 0.25) is 5.76 Å².